The fraction of sp³-hybridized carbons (Fsp3) is 0.250. The predicted octanol–water partition coefficient (Wildman–Crippen LogP) is 1.78. The minimum Gasteiger partial charge on any atom is -0.465 e. The molecule has 1 heterocycles. The molecular weight excluding hydrogens is 269 g/mol. The number of methoxy groups -OCH3 is 1. The van der Waals surface area contributed by atoms with Gasteiger partial charge in [-0.3, -0.25) is 0 Å². The Morgan fingerprint density at radius 2 is 2.25 bits per heavy atom. The second kappa shape index (κ2) is 3.84. The average Bonchev–Trinajstić information content (AvgIpc) is 2.03. The van der Waals surface area contributed by atoms with Crippen molar-refractivity contribution in [2.75, 3.05) is 7.11 Å². The van der Waals surface area contributed by atoms with Crippen molar-refractivity contribution in [3.8, 4) is 0 Å². The van der Waals surface area contributed by atoms with Gasteiger partial charge in [0.05, 0.1) is 18.4 Å². The van der Waals surface area contributed by atoms with Crippen LogP contribution in [0.15, 0.2) is 12.1 Å². The van der Waals surface area contributed by atoms with E-state index >= 15 is 0 Å². The number of halogens is 1. The molecule has 3 nitrogen and oxygen atoms in total. The lowest BCUT2D eigenvalue weighted by atomic mass is 10.2. The molecule has 1 aromatic rings. The molecule has 0 saturated carbocycles. The second-order valence-corrected chi connectivity index (χ2v) is 3.36. The van der Waals surface area contributed by atoms with Gasteiger partial charge in [0.1, 0.15) is 3.70 Å². The number of pyridine rings is 1. The molecule has 1 aromatic heterocycles. The maximum absolute atomic E-state index is 11.1. The zero-order valence-electron chi connectivity index (χ0n) is 6.80. The van der Waals surface area contributed by atoms with Crippen molar-refractivity contribution < 1.29 is 9.53 Å². The number of aromatic nitrogens is 1. The molecule has 0 aliphatic carbocycles. The fourth-order valence-corrected chi connectivity index (χ4v) is 1.40. The summed E-state index contributed by atoms with van der Waals surface area (Å²) < 4.78 is 5.45. The lowest BCUT2D eigenvalue weighted by molar-refractivity contribution is 0.0599. The van der Waals surface area contributed by atoms with Gasteiger partial charge in [-0.15, -0.1) is 0 Å². The Morgan fingerprint density at radius 3 is 2.75 bits per heavy atom. The third-order valence-electron chi connectivity index (χ3n) is 1.46. The third-order valence-corrected chi connectivity index (χ3v) is 2.06. The summed E-state index contributed by atoms with van der Waals surface area (Å²) in [7, 11) is 1.36. The van der Waals surface area contributed by atoms with Gasteiger partial charge in [0.2, 0.25) is 0 Å². The van der Waals surface area contributed by atoms with Gasteiger partial charge in [0.25, 0.3) is 0 Å². The van der Waals surface area contributed by atoms with Crippen LogP contribution in [-0.4, -0.2) is 18.1 Å². The SMILES string of the molecule is COC(=O)c1ccc(I)nc1C. The molecule has 0 bridgehead atoms. The van der Waals surface area contributed by atoms with Crippen LogP contribution in [0.4, 0.5) is 0 Å². The van der Waals surface area contributed by atoms with Gasteiger partial charge in [0, 0.05) is 0 Å². The zero-order chi connectivity index (χ0) is 9.14. The smallest absolute Gasteiger partial charge is 0.339 e. The van der Waals surface area contributed by atoms with Gasteiger partial charge in [0.15, 0.2) is 0 Å². The molecule has 0 amide bonds. The molecule has 0 radical (unpaired) electrons. The topological polar surface area (TPSA) is 39.2 Å². The van der Waals surface area contributed by atoms with Crippen molar-refractivity contribution in [1.82, 2.24) is 4.98 Å². The number of nitrogens with zero attached hydrogens (tertiary/aromatic N) is 1. The summed E-state index contributed by atoms with van der Waals surface area (Å²) in [4.78, 5) is 15.2. The summed E-state index contributed by atoms with van der Waals surface area (Å²) in [5.74, 6) is -0.337. The minimum absolute atomic E-state index is 0.337. The second-order valence-electron chi connectivity index (χ2n) is 2.26. The van der Waals surface area contributed by atoms with Crippen molar-refractivity contribution in [2.45, 2.75) is 6.92 Å². The molecule has 0 atom stereocenters. The highest BCUT2D eigenvalue weighted by Gasteiger charge is 2.09. The van der Waals surface area contributed by atoms with E-state index in [1.165, 1.54) is 7.11 Å². The third kappa shape index (κ3) is 1.94. The fourth-order valence-electron chi connectivity index (χ4n) is 0.856. The summed E-state index contributed by atoms with van der Waals surface area (Å²) in [6.07, 6.45) is 0. The molecule has 0 aliphatic heterocycles. The summed E-state index contributed by atoms with van der Waals surface area (Å²) >= 11 is 2.09. The average molecular weight is 277 g/mol. The van der Waals surface area contributed by atoms with Crippen LogP contribution in [0.1, 0.15) is 16.1 Å². The summed E-state index contributed by atoms with van der Waals surface area (Å²) in [5, 5.41) is 0. The Morgan fingerprint density at radius 1 is 1.58 bits per heavy atom. The molecule has 0 spiro atoms. The maximum atomic E-state index is 11.1. The van der Waals surface area contributed by atoms with E-state index in [1.807, 2.05) is 0 Å². The molecule has 0 aliphatic rings. The van der Waals surface area contributed by atoms with E-state index < -0.39 is 0 Å². The summed E-state index contributed by atoms with van der Waals surface area (Å²) in [6, 6.07) is 3.50. The molecule has 0 aromatic carbocycles. The van der Waals surface area contributed by atoms with Gasteiger partial charge >= 0.3 is 5.97 Å². The van der Waals surface area contributed by atoms with Crippen molar-refractivity contribution in [1.29, 1.82) is 0 Å². The van der Waals surface area contributed by atoms with Gasteiger partial charge in [-0.2, -0.15) is 0 Å². The van der Waals surface area contributed by atoms with Crippen molar-refractivity contribution >= 4 is 28.6 Å². The van der Waals surface area contributed by atoms with Gasteiger partial charge < -0.3 is 4.74 Å². The number of hydrogen-bond donors (Lipinski definition) is 0. The Labute approximate surface area is 84.3 Å². The Balaban J connectivity index is 3.09. The highest BCUT2D eigenvalue weighted by molar-refractivity contribution is 14.1. The first-order valence-electron chi connectivity index (χ1n) is 3.36. The zero-order valence-corrected chi connectivity index (χ0v) is 8.95. The highest BCUT2D eigenvalue weighted by atomic mass is 127. The van der Waals surface area contributed by atoms with Gasteiger partial charge in [-0.1, -0.05) is 0 Å². The lowest BCUT2D eigenvalue weighted by Gasteiger charge is -2.01. The molecule has 12 heavy (non-hydrogen) atoms. The summed E-state index contributed by atoms with van der Waals surface area (Å²) in [5.41, 5.74) is 1.23. The first-order chi connectivity index (χ1) is 5.65. The molecule has 0 saturated heterocycles. The van der Waals surface area contributed by atoms with Crippen LogP contribution < -0.4 is 0 Å². The van der Waals surface area contributed by atoms with Crippen LogP contribution in [0.3, 0.4) is 0 Å². The van der Waals surface area contributed by atoms with Crippen LogP contribution in [0.5, 0.6) is 0 Å². The molecule has 1 rings (SSSR count). The van der Waals surface area contributed by atoms with Crippen LogP contribution in [0, 0.1) is 10.6 Å². The number of esters is 1. The number of carbonyl (C=O) groups excluding carboxylic acids is 1. The number of rotatable bonds is 1. The number of hydrogen-bond acceptors (Lipinski definition) is 3. The largest absolute Gasteiger partial charge is 0.465 e. The van der Waals surface area contributed by atoms with E-state index in [1.54, 1.807) is 19.1 Å². The normalized spacial score (nSPS) is 9.58. The van der Waals surface area contributed by atoms with Crippen molar-refractivity contribution in [3.05, 3.63) is 27.1 Å². The molecule has 0 unspecified atom stereocenters. The standard InChI is InChI=1S/C8H8INO2/c1-5-6(8(11)12-2)3-4-7(9)10-5/h3-4H,1-2H3. The first kappa shape index (κ1) is 9.44. The number of aryl methyl sites for hydroxylation is 1. The van der Waals surface area contributed by atoms with E-state index in [0.717, 1.165) is 3.70 Å². The van der Waals surface area contributed by atoms with E-state index in [4.69, 9.17) is 0 Å². The van der Waals surface area contributed by atoms with Crippen LogP contribution >= 0.6 is 22.6 Å². The molecular formula is C8H8INO2. The highest BCUT2D eigenvalue weighted by Crippen LogP contribution is 2.09. The van der Waals surface area contributed by atoms with Crippen molar-refractivity contribution in [2.24, 2.45) is 0 Å². The lowest BCUT2D eigenvalue weighted by Crippen LogP contribution is -2.05. The number of carbonyl (C=O) groups is 1. The monoisotopic (exact) mass is 277 g/mol. The number of ether oxygens (including phenoxy) is 1. The van der Waals surface area contributed by atoms with Gasteiger partial charge in [-0.25, -0.2) is 9.78 Å². The quantitative estimate of drug-likeness (QED) is 0.446. The van der Waals surface area contributed by atoms with Crippen LogP contribution in [0.2, 0.25) is 0 Å². The minimum atomic E-state index is -0.337. The predicted molar refractivity (Wildman–Crippen MR) is 53.0 cm³/mol. The Kier molecular flexibility index (Phi) is 3.02. The maximum Gasteiger partial charge on any atom is 0.339 e. The molecule has 4 heteroatoms. The Hall–Kier alpha value is -0.650. The first-order valence-corrected chi connectivity index (χ1v) is 4.44. The Bertz CT molecular complexity index is 312. The van der Waals surface area contributed by atoms with E-state index in [2.05, 4.69) is 32.3 Å². The van der Waals surface area contributed by atoms with Gasteiger partial charge in [-0.05, 0) is 41.6 Å². The molecule has 64 valence electrons. The van der Waals surface area contributed by atoms with E-state index in [-0.39, 0.29) is 5.97 Å². The van der Waals surface area contributed by atoms with E-state index in [9.17, 15) is 4.79 Å². The summed E-state index contributed by atoms with van der Waals surface area (Å²) in [6.45, 7) is 1.79. The van der Waals surface area contributed by atoms with Crippen molar-refractivity contribution in [3.63, 3.8) is 0 Å². The van der Waals surface area contributed by atoms with Crippen LogP contribution in [0.25, 0.3) is 0 Å². The molecule has 0 fully saturated rings. The molecule has 0 N–H and O–H groups in total. The van der Waals surface area contributed by atoms with E-state index in [0.29, 0.717) is 11.3 Å². The van der Waals surface area contributed by atoms with Crippen LogP contribution in [-0.2, 0) is 4.74 Å².